The second-order valence-corrected chi connectivity index (χ2v) is 14.4. The van der Waals surface area contributed by atoms with Crippen LogP contribution >= 0.6 is 0 Å². The van der Waals surface area contributed by atoms with Gasteiger partial charge in [0.1, 0.15) is 33.5 Å². The maximum Gasteiger partial charge on any atom is 0.164 e. The van der Waals surface area contributed by atoms with Gasteiger partial charge in [-0.1, -0.05) is 109 Å². The highest BCUT2D eigenvalue weighted by Gasteiger charge is 2.18. The van der Waals surface area contributed by atoms with E-state index in [1.807, 2.05) is 72.8 Å². The molecular formula is C51H29N3O3. The van der Waals surface area contributed by atoms with E-state index in [0.717, 1.165) is 105 Å². The van der Waals surface area contributed by atoms with E-state index in [9.17, 15) is 0 Å². The summed E-state index contributed by atoms with van der Waals surface area (Å²) in [6.07, 6.45) is 0. The van der Waals surface area contributed by atoms with Gasteiger partial charge in [-0.05, 0) is 83.4 Å². The first-order valence-corrected chi connectivity index (χ1v) is 18.9. The molecular weight excluding hydrogens is 703 g/mol. The molecule has 0 radical (unpaired) electrons. The van der Waals surface area contributed by atoms with Gasteiger partial charge in [-0.2, -0.15) is 0 Å². The van der Waals surface area contributed by atoms with E-state index in [4.69, 9.17) is 28.2 Å². The van der Waals surface area contributed by atoms with Crippen molar-refractivity contribution in [3.05, 3.63) is 176 Å². The predicted molar refractivity (Wildman–Crippen MR) is 229 cm³/mol. The molecule has 0 bridgehead atoms. The van der Waals surface area contributed by atoms with Gasteiger partial charge in [-0.25, -0.2) is 15.0 Å². The average Bonchev–Trinajstić information content (AvgIpc) is 3.97. The van der Waals surface area contributed by atoms with Crippen molar-refractivity contribution in [1.82, 2.24) is 15.0 Å². The van der Waals surface area contributed by atoms with E-state index < -0.39 is 0 Å². The normalized spacial score (nSPS) is 11.9. The fourth-order valence-electron chi connectivity index (χ4n) is 8.17. The lowest BCUT2D eigenvalue weighted by Gasteiger charge is -2.11. The molecule has 0 amide bonds. The van der Waals surface area contributed by atoms with Crippen molar-refractivity contribution >= 4 is 65.8 Å². The minimum atomic E-state index is 0.575. The van der Waals surface area contributed by atoms with E-state index in [1.54, 1.807) is 0 Å². The highest BCUT2D eigenvalue weighted by atomic mass is 16.3. The first-order chi connectivity index (χ1) is 28.2. The largest absolute Gasteiger partial charge is 0.456 e. The van der Waals surface area contributed by atoms with Crippen LogP contribution in [0.2, 0.25) is 0 Å². The Hall–Kier alpha value is -7.83. The van der Waals surface area contributed by atoms with Gasteiger partial charge in [0.15, 0.2) is 17.5 Å². The number of hydrogen-bond acceptors (Lipinski definition) is 6. The third-order valence-electron chi connectivity index (χ3n) is 10.9. The lowest BCUT2D eigenvalue weighted by Crippen LogP contribution is -2.00. The number of fused-ring (bicyclic) bond motifs is 9. The number of para-hydroxylation sites is 4. The molecule has 0 aliphatic rings. The third kappa shape index (κ3) is 5.15. The number of rotatable bonds is 5. The minimum Gasteiger partial charge on any atom is -0.456 e. The highest BCUT2D eigenvalue weighted by Crippen LogP contribution is 2.39. The first-order valence-electron chi connectivity index (χ1n) is 18.9. The number of hydrogen-bond donors (Lipinski definition) is 0. The van der Waals surface area contributed by atoms with E-state index in [-0.39, 0.29) is 0 Å². The predicted octanol–water partition coefficient (Wildman–Crippen LogP) is 13.9. The number of nitrogens with zero attached hydrogens (tertiary/aromatic N) is 3. The molecule has 4 aromatic heterocycles. The van der Waals surface area contributed by atoms with Gasteiger partial charge < -0.3 is 13.3 Å². The van der Waals surface area contributed by atoms with Crippen molar-refractivity contribution in [1.29, 1.82) is 0 Å². The minimum absolute atomic E-state index is 0.575. The number of aromatic nitrogens is 3. The van der Waals surface area contributed by atoms with Crippen LogP contribution in [0, 0.1) is 0 Å². The zero-order chi connectivity index (χ0) is 37.5. The Kier molecular flexibility index (Phi) is 6.83. The van der Waals surface area contributed by atoms with Crippen molar-refractivity contribution in [3.8, 4) is 56.4 Å². The lowest BCUT2D eigenvalue weighted by atomic mass is 9.97. The van der Waals surface area contributed by atoms with Crippen LogP contribution in [0.25, 0.3) is 122 Å². The van der Waals surface area contributed by atoms with Crippen molar-refractivity contribution in [2.75, 3.05) is 0 Å². The van der Waals surface area contributed by atoms with Crippen molar-refractivity contribution in [2.45, 2.75) is 0 Å². The van der Waals surface area contributed by atoms with E-state index in [2.05, 4.69) is 103 Å². The van der Waals surface area contributed by atoms with Crippen LogP contribution in [0.5, 0.6) is 0 Å². The van der Waals surface area contributed by atoms with Crippen LogP contribution < -0.4 is 0 Å². The molecule has 12 aromatic rings. The lowest BCUT2D eigenvalue weighted by molar-refractivity contribution is 0.668. The van der Waals surface area contributed by atoms with Gasteiger partial charge in [0.25, 0.3) is 0 Å². The van der Waals surface area contributed by atoms with Crippen molar-refractivity contribution < 1.29 is 13.3 Å². The highest BCUT2D eigenvalue weighted by molar-refractivity contribution is 6.10. The molecule has 0 aliphatic heterocycles. The van der Waals surface area contributed by atoms with Crippen molar-refractivity contribution in [3.63, 3.8) is 0 Å². The van der Waals surface area contributed by atoms with E-state index in [1.165, 1.54) is 0 Å². The molecule has 0 fully saturated rings. The summed E-state index contributed by atoms with van der Waals surface area (Å²) in [5.74, 6) is 1.73. The quantitative estimate of drug-likeness (QED) is 0.175. The molecule has 0 aliphatic carbocycles. The molecule has 0 N–H and O–H groups in total. The van der Waals surface area contributed by atoms with Gasteiger partial charge in [0.2, 0.25) is 0 Å². The SMILES string of the molecule is c1cc(-c2cccc(-c3cccc4c3oc3ccccc34)c2)cc(-c2nc(-c3ccc4oc5ccccc5c4c3)nc(-c3ccc4oc5ccccc5c4c3)n2)c1. The standard InChI is InChI=1S/C51H29N3O3/c1-6-21-45-37(14-1)40-18-9-17-36(48(40)57-45)32-12-7-10-30(26-32)31-11-8-13-33(27-31)49-52-50(34-22-24-46-41(28-34)38-15-2-4-19-43(38)55-46)54-51(53-49)35-23-25-47-42(29-35)39-16-3-5-20-44(39)56-47/h1-29H. The Bertz CT molecular complexity index is 3420. The molecule has 0 spiro atoms. The Morgan fingerprint density at radius 1 is 0.263 bits per heavy atom. The molecule has 0 saturated carbocycles. The Morgan fingerprint density at radius 2 is 0.667 bits per heavy atom. The molecule has 4 heterocycles. The van der Waals surface area contributed by atoms with Gasteiger partial charge in [0, 0.05) is 54.6 Å². The Balaban J connectivity index is 1.00. The molecule has 57 heavy (non-hydrogen) atoms. The third-order valence-corrected chi connectivity index (χ3v) is 10.9. The van der Waals surface area contributed by atoms with Crippen LogP contribution in [-0.2, 0) is 0 Å². The molecule has 6 heteroatoms. The van der Waals surface area contributed by atoms with Crippen LogP contribution in [-0.4, -0.2) is 15.0 Å². The van der Waals surface area contributed by atoms with E-state index >= 15 is 0 Å². The number of benzene rings is 8. The Labute approximate surface area is 325 Å². The van der Waals surface area contributed by atoms with Crippen LogP contribution in [0.3, 0.4) is 0 Å². The monoisotopic (exact) mass is 731 g/mol. The summed E-state index contributed by atoms with van der Waals surface area (Å²) in [6.45, 7) is 0. The molecule has 0 saturated heterocycles. The first kappa shape index (κ1) is 31.5. The van der Waals surface area contributed by atoms with Gasteiger partial charge in [-0.3, -0.25) is 0 Å². The molecule has 0 atom stereocenters. The fraction of sp³-hybridized carbons (Fsp3) is 0. The Morgan fingerprint density at radius 3 is 1.25 bits per heavy atom. The summed E-state index contributed by atoms with van der Waals surface area (Å²) >= 11 is 0. The molecule has 8 aromatic carbocycles. The van der Waals surface area contributed by atoms with Crippen molar-refractivity contribution in [2.24, 2.45) is 0 Å². The summed E-state index contributed by atoms with van der Waals surface area (Å²) in [6, 6.07) is 60.0. The maximum atomic E-state index is 6.40. The van der Waals surface area contributed by atoms with E-state index in [0.29, 0.717) is 17.5 Å². The van der Waals surface area contributed by atoms with Crippen LogP contribution in [0.1, 0.15) is 0 Å². The smallest absolute Gasteiger partial charge is 0.164 e. The molecule has 12 rings (SSSR count). The molecule has 0 unspecified atom stereocenters. The van der Waals surface area contributed by atoms with Gasteiger partial charge in [0.05, 0.1) is 0 Å². The van der Waals surface area contributed by atoms with Crippen LogP contribution in [0.15, 0.2) is 189 Å². The van der Waals surface area contributed by atoms with Gasteiger partial charge >= 0.3 is 0 Å². The zero-order valence-electron chi connectivity index (χ0n) is 30.3. The second kappa shape index (κ2) is 12.3. The topological polar surface area (TPSA) is 78.1 Å². The van der Waals surface area contributed by atoms with Gasteiger partial charge in [-0.15, -0.1) is 0 Å². The second-order valence-electron chi connectivity index (χ2n) is 14.4. The maximum absolute atomic E-state index is 6.40. The summed E-state index contributed by atoms with van der Waals surface area (Å²) in [5, 5.41) is 6.35. The zero-order valence-corrected chi connectivity index (χ0v) is 30.3. The average molecular weight is 732 g/mol. The van der Waals surface area contributed by atoms with Crippen LogP contribution in [0.4, 0.5) is 0 Å². The summed E-state index contributed by atoms with van der Waals surface area (Å²) in [5.41, 5.74) is 12.0. The summed E-state index contributed by atoms with van der Waals surface area (Å²) in [7, 11) is 0. The summed E-state index contributed by atoms with van der Waals surface area (Å²) in [4.78, 5) is 15.4. The fourth-order valence-corrected chi connectivity index (χ4v) is 8.17. The summed E-state index contributed by atoms with van der Waals surface area (Å²) < 4.78 is 18.7. The molecule has 266 valence electrons. The molecule has 6 nitrogen and oxygen atoms in total. The number of furan rings is 3.